The molecular formula is C15H21NO3. The maximum absolute atomic E-state index is 11.5. The predicted molar refractivity (Wildman–Crippen MR) is 73.4 cm³/mol. The van der Waals surface area contributed by atoms with Gasteiger partial charge < -0.3 is 15.2 Å². The standard InChI is InChI=1S/C15H21NO3/c1-9(2)13(15(17)18)14(16-3)11-4-5-12-10(8-11)6-7-19-12/h4-5,8-9,13-14,16H,6-7H2,1-3H3,(H,17,18). The average molecular weight is 263 g/mol. The molecule has 0 fully saturated rings. The number of carbonyl (C=O) groups is 1. The largest absolute Gasteiger partial charge is 0.493 e. The molecule has 2 unspecified atom stereocenters. The number of hydrogen-bond donors (Lipinski definition) is 2. The first-order valence-corrected chi connectivity index (χ1v) is 6.70. The summed E-state index contributed by atoms with van der Waals surface area (Å²) in [6, 6.07) is 5.80. The van der Waals surface area contributed by atoms with Crippen LogP contribution in [0.2, 0.25) is 0 Å². The van der Waals surface area contributed by atoms with Crippen molar-refractivity contribution in [2.45, 2.75) is 26.3 Å². The van der Waals surface area contributed by atoms with Crippen LogP contribution in [0, 0.1) is 11.8 Å². The summed E-state index contributed by atoms with van der Waals surface area (Å²) in [5.41, 5.74) is 2.19. The quantitative estimate of drug-likeness (QED) is 0.855. The van der Waals surface area contributed by atoms with Gasteiger partial charge >= 0.3 is 5.97 Å². The Bertz CT molecular complexity index is 470. The monoisotopic (exact) mass is 263 g/mol. The maximum Gasteiger partial charge on any atom is 0.308 e. The van der Waals surface area contributed by atoms with Crippen molar-refractivity contribution < 1.29 is 14.6 Å². The lowest BCUT2D eigenvalue weighted by Crippen LogP contribution is -2.34. The molecule has 1 aliphatic rings. The summed E-state index contributed by atoms with van der Waals surface area (Å²) in [6.07, 6.45) is 0.902. The van der Waals surface area contributed by atoms with E-state index in [-0.39, 0.29) is 12.0 Å². The van der Waals surface area contributed by atoms with E-state index in [9.17, 15) is 9.90 Å². The van der Waals surface area contributed by atoms with Crippen LogP contribution in [0.3, 0.4) is 0 Å². The van der Waals surface area contributed by atoms with Crippen molar-refractivity contribution in [3.63, 3.8) is 0 Å². The molecule has 2 N–H and O–H groups in total. The van der Waals surface area contributed by atoms with Crippen LogP contribution in [0.4, 0.5) is 0 Å². The summed E-state index contributed by atoms with van der Waals surface area (Å²) >= 11 is 0. The van der Waals surface area contributed by atoms with Gasteiger partial charge in [0.1, 0.15) is 5.75 Å². The number of benzene rings is 1. The number of aliphatic carboxylic acids is 1. The third-order valence-electron chi connectivity index (χ3n) is 3.75. The summed E-state index contributed by atoms with van der Waals surface area (Å²) in [5.74, 6) is -0.203. The number of nitrogens with one attached hydrogen (secondary N) is 1. The Kier molecular flexibility index (Phi) is 4.10. The smallest absolute Gasteiger partial charge is 0.308 e. The van der Waals surface area contributed by atoms with Crippen LogP contribution in [0.5, 0.6) is 5.75 Å². The highest BCUT2D eigenvalue weighted by molar-refractivity contribution is 5.71. The number of carboxylic acid groups (broad SMARTS) is 1. The van der Waals surface area contributed by atoms with Crippen molar-refractivity contribution in [3.05, 3.63) is 29.3 Å². The average Bonchev–Trinajstić information content (AvgIpc) is 2.81. The molecule has 2 atom stereocenters. The molecule has 4 nitrogen and oxygen atoms in total. The summed E-state index contributed by atoms with van der Waals surface area (Å²) in [7, 11) is 1.81. The van der Waals surface area contributed by atoms with E-state index in [0.29, 0.717) is 0 Å². The van der Waals surface area contributed by atoms with E-state index in [0.717, 1.165) is 24.3 Å². The van der Waals surface area contributed by atoms with Crippen molar-refractivity contribution in [1.82, 2.24) is 5.32 Å². The molecule has 0 amide bonds. The van der Waals surface area contributed by atoms with E-state index >= 15 is 0 Å². The number of fused-ring (bicyclic) bond motifs is 1. The van der Waals surface area contributed by atoms with Gasteiger partial charge in [0.15, 0.2) is 0 Å². The van der Waals surface area contributed by atoms with Gasteiger partial charge in [0.05, 0.1) is 12.5 Å². The van der Waals surface area contributed by atoms with Crippen molar-refractivity contribution in [2.75, 3.05) is 13.7 Å². The molecule has 1 aromatic rings. The minimum Gasteiger partial charge on any atom is -0.493 e. The Hall–Kier alpha value is -1.55. The highest BCUT2D eigenvalue weighted by Gasteiger charge is 2.31. The van der Waals surface area contributed by atoms with Gasteiger partial charge in [-0.15, -0.1) is 0 Å². The zero-order chi connectivity index (χ0) is 14.0. The van der Waals surface area contributed by atoms with Crippen molar-refractivity contribution >= 4 is 5.97 Å². The van der Waals surface area contributed by atoms with Gasteiger partial charge in [0.2, 0.25) is 0 Å². The van der Waals surface area contributed by atoms with E-state index in [1.54, 1.807) is 0 Å². The molecule has 1 heterocycles. The van der Waals surface area contributed by atoms with Crippen molar-refractivity contribution in [1.29, 1.82) is 0 Å². The van der Waals surface area contributed by atoms with Gasteiger partial charge in [-0.25, -0.2) is 0 Å². The molecular weight excluding hydrogens is 242 g/mol. The zero-order valence-electron chi connectivity index (χ0n) is 11.6. The van der Waals surface area contributed by atoms with Gasteiger partial charge in [-0.1, -0.05) is 26.0 Å². The topological polar surface area (TPSA) is 58.6 Å². The molecule has 1 aromatic carbocycles. The third-order valence-corrected chi connectivity index (χ3v) is 3.75. The van der Waals surface area contributed by atoms with Crippen LogP contribution in [-0.4, -0.2) is 24.7 Å². The Labute approximate surface area is 113 Å². The normalized spacial score (nSPS) is 16.8. The summed E-state index contributed by atoms with van der Waals surface area (Å²) < 4.78 is 5.49. The van der Waals surface area contributed by atoms with E-state index in [2.05, 4.69) is 11.4 Å². The molecule has 0 spiro atoms. The maximum atomic E-state index is 11.5. The third kappa shape index (κ3) is 2.73. The first-order valence-electron chi connectivity index (χ1n) is 6.70. The molecule has 0 aliphatic carbocycles. The van der Waals surface area contributed by atoms with Crippen LogP contribution in [0.25, 0.3) is 0 Å². The molecule has 104 valence electrons. The SMILES string of the molecule is CNC(c1ccc2c(c1)CCO2)C(C(=O)O)C(C)C. The fourth-order valence-corrected chi connectivity index (χ4v) is 2.77. The Morgan fingerprint density at radius 1 is 1.42 bits per heavy atom. The summed E-state index contributed by atoms with van der Waals surface area (Å²) in [6.45, 7) is 4.61. The summed E-state index contributed by atoms with van der Waals surface area (Å²) in [5, 5.41) is 12.6. The molecule has 0 aromatic heterocycles. The molecule has 0 bridgehead atoms. The molecule has 4 heteroatoms. The number of carboxylic acids is 1. The van der Waals surface area contributed by atoms with E-state index in [1.165, 1.54) is 5.56 Å². The van der Waals surface area contributed by atoms with Crippen LogP contribution >= 0.6 is 0 Å². The Morgan fingerprint density at radius 2 is 2.16 bits per heavy atom. The van der Waals surface area contributed by atoms with Gasteiger partial charge in [-0.3, -0.25) is 4.79 Å². The van der Waals surface area contributed by atoms with Gasteiger partial charge in [0, 0.05) is 12.5 Å². The summed E-state index contributed by atoms with van der Waals surface area (Å²) in [4.78, 5) is 11.5. The highest BCUT2D eigenvalue weighted by Crippen LogP contribution is 2.33. The second-order valence-corrected chi connectivity index (χ2v) is 5.34. The van der Waals surface area contributed by atoms with E-state index in [1.807, 2.05) is 33.0 Å². The molecule has 0 saturated carbocycles. The highest BCUT2D eigenvalue weighted by atomic mass is 16.5. The van der Waals surface area contributed by atoms with E-state index < -0.39 is 11.9 Å². The van der Waals surface area contributed by atoms with Gasteiger partial charge in [-0.05, 0) is 30.2 Å². The first-order chi connectivity index (χ1) is 9.04. The first kappa shape index (κ1) is 13.9. The van der Waals surface area contributed by atoms with Gasteiger partial charge in [0.25, 0.3) is 0 Å². The lowest BCUT2D eigenvalue weighted by Gasteiger charge is -2.27. The lowest BCUT2D eigenvalue weighted by molar-refractivity contribution is -0.144. The van der Waals surface area contributed by atoms with Crippen LogP contribution in [-0.2, 0) is 11.2 Å². The number of ether oxygens (including phenoxy) is 1. The number of rotatable bonds is 5. The fraction of sp³-hybridized carbons (Fsp3) is 0.533. The fourth-order valence-electron chi connectivity index (χ4n) is 2.77. The molecule has 1 aliphatic heterocycles. The molecule has 2 rings (SSSR count). The second-order valence-electron chi connectivity index (χ2n) is 5.34. The van der Waals surface area contributed by atoms with Crippen LogP contribution < -0.4 is 10.1 Å². The predicted octanol–water partition coefficient (Wildman–Crippen LogP) is 2.24. The second kappa shape index (κ2) is 5.61. The Balaban J connectivity index is 2.33. The minimum atomic E-state index is -0.758. The Morgan fingerprint density at radius 3 is 2.74 bits per heavy atom. The zero-order valence-corrected chi connectivity index (χ0v) is 11.6. The van der Waals surface area contributed by atoms with Crippen LogP contribution in [0.15, 0.2) is 18.2 Å². The van der Waals surface area contributed by atoms with Crippen LogP contribution in [0.1, 0.15) is 31.0 Å². The van der Waals surface area contributed by atoms with Crippen molar-refractivity contribution in [2.24, 2.45) is 11.8 Å². The lowest BCUT2D eigenvalue weighted by atomic mass is 9.84. The van der Waals surface area contributed by atoms with Crippen molar-refractivity contribution in [3.8, 4) is 5.75 Å². The minimum absolute atomic E-state index is 0.0689. The molecule has 0 radical (unpaired) electrons. The molecule has 19 heavy (non-hydrogen) atoms. The van der Waals surface area contributed by atoms with Gasteiger partial charge in [-0.2, -0.15) is 0 Å². The number of hydrogen-bond acceptors (Lipinski definition) is 3. The van der Waals surface area contributed by atoms with E-state index in [4.69, 9.17) is 4.74 Å². The molecule has 0 saturated heterocycles.